The zero-order valence-corrected chi connectivity index (χ0v) is 10.2. The lowest BCUT2D eigenvalue weighted by atomic mass is 10.1. The molecule has 0 spiro atoms. The molecule has 0 fully saturated rings. The van der Waals surface area contributed by atoms with E-state index in [9.17, 15) is 0 Å². The van der Waals surface area contributed by atoms with E-state index < -0.39 is 0 Å². The predicted molar refractivity (Wildman–Crippen MR) is 78.0 cm³/mol. The molecule has 1 nitrogen and oxygen atoms in total. The van der Waals surface area contributed by atoms with Crippen molar-refractivity contribution in [3.8, 4) is 0 Å². The highest BCUT2D eigenvalue weighted by Gasteiger charge is 2.06. The van der Waals surface area contributed by atoms with Crippen LogP contribution in [0.1, 0.15) is 5.56 Å². The Balaban J connectivity index is 2.29. The zero-order valence-electron chi connectivity index (χ0n) is 10.2. The Morgan fingerprint density at radius 2 is 1.61 bits per heavy atom. The molecule has 4 aromatic rings. The maximum atomic E-state index is 3.56. The Hall–Kier alpha value is -2.28. The Labute approximate surface area is 105 Å². The summed E-state index contributed by atoms with van der Waals surface area (Å²) in [6, 6.07) is 19.5. The third kappa shape index (κ3) is 1.22. The van der Waals surface area contributed by atoms with Crippen molar-refractivity contribution in [1.82, 2.24) is 4.98 Å². The van der Waals surface area contributed by atoms with Gasteiger partial charge >= 0.3 is 0 Å². The second-order valence-electron chi connectivity index (χ2n) is 4.88. The summed E-state index contributed by atoms with van der Waals surface area (Å²) in [7, 11) is 0. The Morgan fingerprint density at radius 3 is 2.56 bits per heavy atom. The van der Waals surface area contributed by atoms with Crippen molar-refractivity contribution in [2.75, 3.05) is 0 Å². The summed E-state index contributed by atoms with van der Waals surface area (Å²) in [5.74, 6) is 0. The molecule has 0 aliphatic carbocycles. The lowest BCUT2D eigenvalue weighted by molar-refractivity contribution is 1.47. The lowest BCUT2D eigenvalue weighted by Crippen LogP contribution is -1.74. The van der Waals surface area contributed by atoms with Gasteiger partial charge < -0.3 is 4.98 Å². The number of aromatic nitrogens is 1. The van der Waals surface area contributed by atoms with E-state index in [-0.39, 0.29) is 0 Å². The monoisotopic (exact) mass is 231 g/mol. The highest BCUT2D eigenvalue weighted by molar-refractivity contribution is 6.16. The summed E-state index contributed by atoms with van der Waals surface area (Å²) < 4.78 is 0. The number of hydrogen-bond donors (Lipinski definition) is 1. The van der Waals surface area contributed by atoms with Crippen molar-refractivity contribution in [2.24, 2.45) is 0 Å². The van der Waals surface area contributed by atoms with E-state index >= 15 is 0 Å². The minimum atomic E-state index is 1.22. The molecule has 0 saturated carbocycles. The first-order chi connectivity index (χ1) is 8.83. The molecule has 86 valence electrons. The van der Waals surface area contributed by atoms with Crippen molar-refractivity contribution < 1.29 is 0 Å². The van der Waals surface area contributed by atoms with Crippen LogP contribution in [0.25, 0.3) is 32.6 Å². The molecule has 0 unspecified atom stereocenters. The Kier molecular flexibility index (Phi) is 1.81. The van der Waals surface area contributed by atoms with Crippen LogP contribution in [0, 0.1) is 6.92 Å². The van der Waals surface area contributed by atoms with Gasteiger partial charge in [-0.2, -0.15) is 0 Å². The summed E-state index contributed by atoms with van der Waals surface area (Å²) in [4.78, 5) is 3.56. The van der Waals surface area contributed by atoms with Gasteiger partial charge in [0, 0.05) is 21.7 Å². The van der Waals surface area contributed by atoms with Crippen molar-refractivity contribution in [3.05, 3.63) is 60.2 Å². The van der Waals surface area contributed by atoms with E-state index in [0.717, 1.165) is 0 Å². The second-order valence-corrected chi connectivity index (χ2v) is 4.88. The van der Waals surface area contributed by atoms with Gasteiger partial charge in [-0.05, 0) is 23.9 Å². The summed E-state index contributed by atoms with van der Waals surface area (Å²) in [6.45, 7) is 2.13. The van der Waals surface area contributed by atoms with Gasteiger partial charge in [-0.1, -0.05) is 48.5 Å². The van der Waals surface area contributed by atoms with Crippen LogP contribution in [-0.4, -0.2) is 4.98 Å². The van der Waals surface area contributed by atoms with Gasteiger partial charge in [0.25, 0.3) is 0 Å². The average Bonchev–Trinajstić information content (AvgIpc) is 2.76. The van der Waals surface area contributed by atoms with Crippen molar-refractivity contribution >= 4 is 32.6 Å². The molecule has 18 heavy (non-hydrogen) atoms. The number of fused-ring (bicyclic) bond motifs is 5. The molecule has 0 bridgehead atoms. The first-order valence-electron chi connectivity index (χ1n) is 6.23. The lowest BCUT2D eigenvalue weighted by Gasteiger charge is -1.98. The molecule has 0 aliphatic heterocycles. The van der Waals surface area contributed by atoms with Gasteiger partial charge in [-0.15, -0.1) is 0 Å². The fraction of sp³-hybridized carbons (Fsp3) is 0.0588. The van der Waals surface area contributed by atoms with Gasteiger partial charge in [0.05, 0.1) is 5.52 Å². The number of hydrogen-bond acceptors (Lipinski definition) is 0. The quantitative estimate of drug-likeness (QED) is 0.448. The number of nitrogens with one attached hydrogen (secondary N) is 1. The first-order valence-corrected chi connectivity index (χ1v) is 6.23. The van der Waals surface area contributed by atoms with Crippen LogP contribution in [-0.2, 0) is 0 Å². The molecule has 0 radical (unpaired) electrons. The predicted octanol–water partition coefficient (Wildman–Crippen LogP) is 4.78. The van der Waals surface area contributed by atoms with Crippen molar-refractivity contribution in [1.29, 1.82) is 0 Å². The highest BCUT2D eigenvalue weighted by Crippen LogP contribution is 2.31. The minimum Gasteiger partial charge on any atom is -0.354 e. The maximum absolute atomic E-state index is 3.56. The third-order valence-corrected chi connectivity index (χ3v) is 3.65. The molecule has 0 aliphatic rings. The molecule has 1 heteroatoms. The van der Waals surface area contributed by atoms with Crippen LogP contribution in [0.5, 0.6) is 0 Å². The number of aryl methyl sites for hydroxylation is 1. The van der Waals surface area contributed by atoms with Gasteiger partial charge in [-0.25, -0.2) is 0 Å². The molecule has 4 rings (SSSR count). The topological polar surface area (TPSA) is 15.8 Å². The number of rotatable bonds is 0. The fourth-order valence-electron chi connectivity index (χ4n) is 2.76. The van der Waals surface area contributed by atoms with Crippen LogP contribution >= 0.6 is 0 Å². The van der Waals surface area contributed by atoms with E-state index in [1.165, 1.54) is 38.1 Å². The summed E-state index contributed by atoms with van der Waals surface area (Å²) in [5.41, 5.74) is 3.76. The van der Waals surface area contributed by atoms with Gasteiger partial charge in [0.2, 0.25) is 0 Å². The molecule has 1 aromatic heterocycles. The smallest absolute Gasteiger partial charge is 0.0544 e. The van der Waals surface area contributed by atoms with Crippen molar-refractivity contribution in [2.45, 2.75) is 6.92 Å². The van der Waals surface area contributed by atoms with Gasteiger partial charge in [0.1, 0.15) is 0 Å². The molecule has 1 heterocycles. The molecule has 3 aromatic carbocycles. The number of aromatic amines is 1. The first kappa shape index (κ1) is 9.72. The van der Waals surface area contributed by atoms with Gasteiger partial charge in [0.15, 0.2) is 0 Å². The van der Waals surface area contributed by atoms with Crippen LogP contribution in [0.15, 0.2) is 54.6 Å². The molecular formula is C17H13N. The summed E-state index contributed by atoms with van der Waals surface area (Å²) in [6.07, 6.45) is 0. The molecule has 0 amide bonds. The molecular weight excluding hydrogens is 218 g/mol. The Bertz CT molecular complexity index is 884. The normalized spacial score (nSPS) is 11.6. The summed E-state index contributed by atoms with van der Waals surface area (Å²) >= 11 is 0. The van der Waals surface area contributed by atoms with Crippen LogP contribution in [0.2, 0.25) is 0 Å². The SMILES string of the molecule is Cc1ccc2c(c1)[nH]c1c3ccccc3ccc21. The van der Waals surface area contributed by atoms with Crippen LogP contribution < -0.4 is 0 Å². The molecule has 0 saturated heterocycles. The third-order valence-electron chi connectivity index (χ3n) is 3.65. The van der Waals surface area contributed by atoms with E-state index in [0.29, 0.717) is 0 Å². The Morgan fingerprint density at radius 1 is 0.778 bits per heavy atom. The summed E-state index contributed by atoms with van der Waals surface area (Å²) in [5, 5.41) is 5.20. The van der Waals surface area contributed by atoms with Gasteiger partial charge in [-0.3, -0.25) is 0 Å². The van der Waals surface area contributed by atoms with E-state index in [1.807, 2.05) is 0 Å². The van der Waals surface area contributed by atoms with Crippen LogP contribution in [0.3, 0.4) is 0 Å². The highest BCUT2D eigenvalue weighted by atomic mass is 14.7. The zero-order chi connectivity index (χ0) is 12.1. The van der Waals surface area contributed by atoms with E-state index in [1.54, 1.807) is 0 Å². The maximum Gasteiger partial charge on any atom is 0.0544 e. The minimum absolute atomic E-state index is 1.22. The van der Waals surface area contributed by atoms with E-state index in [4.69, 9.17) is 0 Å². The largest absolute Gasteiger partial charge is 0.354 e. The average molecular weight is 231 g/mol. The van der Waals surface area contributed by atoms with Crippen molar-refractivity contribution in [3.63, 3.8) is 0 Å². The molecule has 0 atom stereocenters. The number of benzene rings is 3. The molecule has 1 N–H and O–H groups in total. The van der Waals surface area contributed by atoms with E-state index in [2.05, 4.69) is 66.5 Å². The standard InChI is InChI=1S/C17H13N/c1-11-6-8-14-15-9-7-12-4-2-3-5-13(12)17(15)18-16(14)10-11/h2-10,18H,1H3. The number of H-pyrrole nitrogens is 1. The van der Waals surface area contributed by atoms with Crippen LogP contribution in [0.4, 0.5) is 0 Å². The second kappa shape index (κ2) is 3.36. The fourth-order valence-corrected chi connectivity index (χ4v) is 2.76.